The number of hydrogen-bond acceptors (Lipinski definition) is 1. The Kier molecular flexibility index (Phi) is 3.64. The Morgan fingerprint density at radius 1 is 0.889 bits per heavy atom. The molecule has 0 radical (unpaired) electrons. The molecule has 0 amide bonds. The highest BCUT2D eigenvalue weighted by Gasteiger charge is 2.52. The zero-order chi connectivity index (χ0) is 11.3. The minimum absolute atomic E-state index is 0. The van der Waals surface area contributed by atoms with Gasteiger partial charge in [-0.1, -0.05) is 0 Å². The molecule has 18 heavy (non-hydrogen) atoms. The van der Waals surface area contributed by atoms with Gasteiger partial charge in [0.2, 0.25) is 0 Å². The van der Waals surface area contributed by atoms with Crippen molar-refractivity contribution in [1.82, 2.24) is 0 Å². The summed E-state index contributed by atoms with van der Waals surface area (Å²) in [5.41, 5.74) is 0.765. The lowest BCUT2D eigenvalue weighted by Gasteiger charge is -2.56. The number of hydrogen-bond donors (Lipinski definition) is 1. The van der Waals surface area contributed by atoms with Crippen molar-refractivity contribution in [1.29, 1.82) is 0 Å². The molecule has 1 saturated heterocycles. The van der Waals surface area contributed by atoms with E-state index in [1.54, 1.807) is 38.5 Å². The molecule has 3 heteroatoms. The van der Waals surface area contributed by atoms with Crippen LogP contribution in [0, 0.1) is 23.2 Å². The predicted molar refractivity (Wildman–Crippen MR) is 67.0 cm³/mol. The van der Waals surface area contributed by atoms with E-state index in [9.17, 15) is 0 Å². The van der Waals surface area contributed by atoms with Crippen molar-refractivity contribution < 1.29 is 22.0 Å². The lowest BCUT2D eigenvalue weighted by Crippen LogP contribution is -3.15. The van der Waals surface area contributed by atoms with Crippen LogP contribution >= 0.6 is 0 Å². The third-order valence-corrected chi connectivity index (χ3v) is 5.99. The molecule has 0 aromatic carbocycles. The van der Waals surface area contributed by atoms with E-state index in [2.05, 4.69) is 0 Å². The first-order valence-corrected chi connectivity index (χ1v) is 7.73. The maximum absolute atomic E-state index is 5.50. The van der Waals surface area contributed by atoms with Crippen LogP contribution in [0.15, 0.2) is 0 Å². The van der Waals surface area contributed by atoms with Crippen LogP contribution in [-0.2, 0) is 4.74 Å². The van der Waals surface area contributed by atoms with E-state index in [-0.39, 0.29) is 12.4 Å². The minimum atomic E-state index is 0. The highest BCUT2D eigenvalue weighted by atomic mass is 35.5. The third kappa shape index (κ3) is 2.32. The van der Waals surface area contributed by atoms with Gasteiger partial charge in [0.05, 0.1) is 19.8 Å². The van der Waals surface area contributed by atoms with E-state index in [0.717, 1.165) is 36.4 Å². The first-order valence-electron chi connectivity index (χ1n) is 7.73. The van der Waals surface area contributed by atoms with Gasteiger partial charge in [-0.05, 0) is 56.3 Å². The Morgan fingerprint density at radius 3 is 1.89 bits per heavy atom. The van der Waals surface area contributed by atoms with E-state index >= 15 is 0 Å². The summed E-state index contributed by atoms with van der Waals surface area (Å²) in [6.07, 6.45) is 9.46. The second-order valence-corrected chi connectivity index (χ2v) is 7.46. The molecule has 4 aliphatic carbocycles. The third-order valence-electron chi connectivity index (χ3n) is 5.99. The Hall–Kier alpha value is 0.210. The summed E-state index contributed by atoms with van der Waals surface area (Å²) in [5, 5.41) is 0. The van der Waals surface area contributed by atoms with Crippen LogP contribution in [0.5, 0.6) is 0 Å². The quantitative estimate of drug-likeness (QED) is 0.621. The van der Waals surface area contributed by atoms with Gasteiger partial charge in [-0.15, -0.1) is 0 Å². The van der Waals surface area contributed by atoms with Gasteiger partial charge in [-0.3, -0.25) is 0 Å². The van der Waals surface area contributed by atoms with Crippen LogP contribution in [0.25, 0.3) is 0 Å². The largest absolute Gasteiger partial charge is 1.00 e. The number of quaternary nitrogens is 1. The highest BCUT2D eigenvalue weighted by molar-refractivity contribution is 5.01. The second-order valence-electron chi connectivity index (χ2n) is 7.46. The van der Waals surface area contributed by atoms with Crippen LogP contribution in [-0.4, -0.2) is 32.8 Å². The smallest absolute Gasteiger partial charge is 0.101 e. The monoisotopic (exact) mass is 271 g/mol. The van der Waals surface area contributed by atoms with E-state index in [1.165, 1.54) is 19.6 Å². The molecule has 0 aromatic heterocycles. The lowest BCUT2D eigenvalue weighted by atomic mass is 9.49. The maximum atomic E-state index is 5.50. The van der Waals surface area contributed by atoms with Crippen LogP contribution in [0.4, 0.5) is 0 Å². The summed E-state index contributed by atoms with van der Waals surface area (Å²) < 4.78 is 5.50. The second kappa shape index (κ2) is 4.96. The van der Waals surface area contributed by atoms with Crippen LogP contribution in [0.2, 0.25) is 0 Å². The van der Waals surface area contributed by atoms with Gasteiger partial charge in [0.25, 0.3) is 0 Å². The van der Waals surface area contributed by atoms with Crippen molar-refractivity contribution in [3.63, 3.8) is 0 Å². The average molecular weight is 272 g/mol. The molecule has 5 fully saturated rings. The van der Waals surface area contributed by atoms with E-state index in [1.807, 2.05) is 4.90 Å². The Morgan fingerprint density at radius 2 is 1.39 bits per heavy atom. The molecular formula is C15H26ClNO. The number of halogens is 1. The summed E-state index contributed by atoms with van der Waals surface area (Å²) in [5.74, 6) is 3.34. The Bertz CT molecular complexity index is 266. The molecule has 1 aliphatic heterocycles. The van der Waals surface area contributed by atoms with Crippen molar-refractivity contribution in [2.75, 3.05) is 32.8 Å². The topological polar surface area (TPSA) is 13.7 Å². The van der Waals surface area contributed by atoms with Gasteiger partial charge >= 0.3 is 0 Å². The van der Waals surface area contributed by atoms with Gasteiger partial charge < -0.3 is 22.0 Å². The molecule has 4 saturated carbocycles. The molecule has 0 aromatic rings. The van der Waals surface area contributed by atoms with E-state index in [4.69, 9.17) is 4.74 Å². The summed E-state index contributed by atoms with van der Waals surface area (Å²) >= 11 is 0. The Labute approximate surface area is 117 Å². The molecule has 5 rings (SSSR count). The van der Waals surface area contributed by atoms with Gasteiger partial charge in [0, 0.05) is 5.41 Å². The zero-order valence-corrected chi connectivity index (χ0v) is 12.1. The molecule has 0 spiro atoms. The van der Waals surface area contributed by atoms with Crippen LogP contribution < -0.4 is 17.3 Å². The van der Waals surface area contributed by atoms with Crippen LogP contribution in [0.3, 0.4) is 0 Å². The molecule has 2 nitrogen and oxygen atoms in total. The fourth-order valence-electron chi connectivity index (χ4n) is 5.87. The SMILES string of the molecule is C1C[NH+](CC23CC4CC(CC(C4)C2)C3)CCO1.[Cl-]. The molecule has 1 N–H and O–H groups in total. The molecule has 104 valence electrons. The molecule has 0 atom stereocenters. The number of morpholine rings is 1. The molecule has 5 aliphatic rings. The summed E-state index contributed by atoms with van der Waals surface area (Å²) in [6, 6.07) is 0. The fourth-order valence-corrected chi connectivity index (χ4v) is 5.87. The minimum Gasteiger partial charge on any atom is -1.00 e. The predicted octanol–water partition coefficient (Wildman–Crippen LogP) is -1.88. The first-order chi connectivity index (χ1) is 8.31. The summed E-state index contributed by atoms with van der Waals surface area (Å²) in [7, 11) is 0. The van der Waals surface area contributed by atoms with E-state index in [0.29, 0.717) is 0 Å². The molecule has 4 bridgehead atoms. The van der Waals surface area contributed by atoms with Crippen molar-refractivity contribution in [2.24, 2.45) is 23.2 Å². The van der Waals surface area contributed by atoms with Gasteiger partial charge in [-0.2, -0.15) is 0 Å². The van der Waals surface area contributed by atoms with Gasteiger partial charge in [0.15, 0.2) is 0 Å². The highest BCUT2D eigenvalue weighted by Crippen LogP contribution is 2.59. The standard InChI is InChI=1S/C15H25NO.ClH/c1-3-17-4-2-16(1)11-15-8-12-5-13(9-15)7-14(6-12)10-15;/h12-14H,1-11H2;1H. The fraction of sp³-hybridized carbons (Fsp3) is 1.00. The van der Waals surface area contributed by atoms with Crippen molar-refractivity contribution >= 4 is 0 Å². The molecule has 1 heterocycles. The number of ether oxygens (including phenoxy) is 1. The van der Waals surface area contributed by atoms with Crippen molar-refractivity contribution in [3.8, 4) is 0 Å². The van der Waals surface area contributed by atoms with Gasteiger partial charge in [0.1, 0.15) is 13.1 Å². The van der Waals surface area contributed by atoms with Crippen molar-refractivity contribution in [2.45, 2.75) is 38.5 Å². The summed E-state index contributed by atoms with van der Waals surface area (Å²) in [6.45, 7) is 6.01. The summed E-state index contributed by atoms with van der Waals surface area (Å²) in [4.78, 5) is 1.85. The Balaban J connectivity index is 0.000001000. The first kappa shape index (κ1) is 13.2. The normalized spacial score (nSPS) is 47.0. The zero-order valence-electron chi connectivity index (χ0n) is 11.3. The maximum Gasteiger partial charge on any atom is 0.101 e. The number of nitrogens with one attached hydrogen (secondary N) is 1. The average Bonchev–Trinajstić information content (AvgIpc) is 2.27. The number of rotatable bonds is 2. The lowest BCUT2D eigenvalue weighted by molar-refractivity contribution is -0.915. The molecular weight excluding hydrogens is 246 g/mol. The van der Waals surface area contributed by atoms with Gasteiger partial charge in [-0.25, -0.2) is 0 Å². The van der Waals surface area contributed by atoms with Crippen LogP contribution in [0.1, 0.15) is 38.5 Å². The van der Waals surface area contributed by atoms with E-state index < -0.39 is 0 Å². The van der Waals surface area contributed by atoms with Crippen molar-refractivity contribution in [3.05, 3.63) is 0 Å². The molecule has 0 unspecified atom stereocenters.